The molecule has 0 aliphatic carbocycles. The molecule has 0 aliphatic rings. The molecule has 0 spiro atoms. The Bertz CT molecular complexity index is 384. The smallest absolute Gasteiger partial charge is 0.0483 e. The number of aliphatic hydroxyl groups excluding tert-OH is 3. The van der Waals surface area contributed by atoms with Crippen molar-refractivity contribution in [2.75, 3.05) is 0 Å². The summed E-state index contributed by atoms with van der Waals surface area (Å²) in [6.07, 6.45) is -0.500. The molecule has 0 unspecified atom stereocenters. The fraction of sp³-hybridized carbons (Fsp3) is 0.500. The number of aliphatic hydroxyl groups is 3. The van der Waals surface area contributed by atoms with Gasteiger partial charge in [0.2, 0.25) is 0 Å². The van der Waals surface area contributed by atoms with Crippen LogP contribution in [0.4, 0.5) is 0 Å². The molecule has 0 radical (unpaired) electrons. The zero-order valence-corrected chi connectivity index (χ0v) is 16.2. The second-order valence-corrected chi connectivity index (χ2v) is 5.44. The largest absolute Gasteiger partial charge is 0.394 e. The Morgan fingerprint density at radius 1 is 0.727 bits per heavy atom. The van der Waals surface area contributed by atoms with Gasteiger partial charge in [-0.2, -0.15) is 17.5 Å². The molecular weight excluding hydrogens is 312 g/mol. The Labute approximate surface area is 150 Å². The molecule has 0 aliphatic heterocycles. The molecule has 3 nitrogen and oxygen atoms in total. The molecule has 0 aromatic heterocycles. The molecule has 2 aromatic carbocycles. The fourth-order valence-electron chi connectivity index (χ4n) is 1.07. The first-order chi connectivity index (χ1) is 9.66. The third kappa shape index (κ3) is 24.4. The predicted molar refractivity (Wildman–Crippen MR) is 91.6 cm³/mol. The summed E-state index contributed by atoms with van der Waals surface area (Å²) >= 11 is 0. The number of rotatable bonds is 0. The molecule has 126 valence electrons. The predicted octanol–water partition coefficient (Wildman–Crippen LogP) is 3.72. The summed E-state index contributed by atoms with van der Waals surface area (Å²) in [6, 6.07) is 14.7. The number of hydrogen-bond donors (Lipinski definition) is 3. The molecule has 2 aromatic rings. The maximum atomic E-state index is 8.06. The van der Waals surface area contributed by atoms with Crippen LogP contribution in [0.15, 0.2) is 42.5 Å². The van der Waals surface area contributed by atoms with Crippen molar-refractivity contribution < 1.29 is 37.0 Å². The van der Waals surface area contributed by atoms with Crippen LogP contribution in [0.5, 0.6) is 0 Å². The summed E-state index contributed by atoms with van der Waals surface area (Å²) in [7, 11) is 0. The van der Waals surface area contributed by atoms with Crippen LogP contribution < -0.4 is 0 Å². The van der Waals surface area contributed by atoms with Gasteiger partial charge in [-0.05, 0) is 41.5 Å². The van der Waals surface area contributed by atoms with Gasteiger partial charge in [-0.1, -0.05) is 6.07 Å². The van der Waals surface area contributed by atoms with E-state index in [0.717, 1.165) is 0 Å². The normalized spacial score (nSPS) is 9.09. The van der Waals surface area contributed by atoms with Crippen LogP contribution in [0.25, 0.3) is 10.8 Å². The van der Waals surface area contributed by atoms with Gasteiger partial charge in [-0.25, -0.2) is 0 Å². The van der Waals surface area contributed by atoms with Crippen molar-refractivity contribution in [1.82, 2.24) is 0 Å². The van der Waals surface area contributed by atoms with E-state index in [1.807, 2.05) is 0 Å². The monoisotopic (exact) mass is 343 g/mol. The van der Waals surface area contributed by atoms with Gasteiger partial charge in [0, 0.05) is 40.0 Å². The Balaban J connectivity index is -0.000000241. The quantitative estimate of drug-likeness (QED) is 0.505. The van der Waals surface area contributed by atoms with E-state index in [9.17, 15) is 0 Å². The van der Waals surface area contributed by atoms with Crippen LogP contribution in [-0.2, 0) is 21.7 Å². The second-order valence-electron chi connectivity index (χ2n) is 5.44. The van der Waals surface area contributed by atoms with E-state index in [1.165, 1.54) is 10.8 Å². The molecule has 0 amide bonds. The number of benzene rings is 1. The summed E-state index contributed by atoms with van der Waals surface area (Å²) in [5.41, 5.74) is 0. The average Bonchev–Trinajstić information content (AvgIpc) is 2.74. The molecule has 0 bridgehead atoms. The van der Waals surface area contributed by atoms with E-state index < -0.39 is 0 Å². The number of fused-ring (bicyclic) bond motifs is 1. The molecule has 22 heavy (non-hydrogen) atoms. The molecule has 2 rings (SSSR count). The summed E-state index contributed by atoms with van der Waals surface area (Å²) < 4.78 is 0. The van der Waals surface area contributed by atoms with Crippen LogP contribution in [0.2, 0.25) is 0 Å². The van der Waals surface area contributed by atoms with Crippen LogP contribution in [0.1, 0.15) is 41.5 Å². The summed E-state index contributed by atoms with van der Waals surface area (Å²) in [6.45, 7) is 10.3. The Hall–Kier alpha value is -0.576. The fourth-order valence-corrected chi connectivity index (χ4v) is 1.07. The Morgan fingerprint density at radius 2 is 1.09 bits per heavy atom. The van der Waals surface area contributed by atoms with Crippen LogP contribution in [0, 0.1) is 0 Å². The summed E-state index contributed by atoms with van der Waals surface area (Å²) in [5.74, 6) is 0. The van der Waals surface area contributed by atoms with Crippen molar-refractivity contribution in [3.8, 4) is 0 Å². The van der Waals surface area contributed by atoms with Crippen LogP contribution >= 0.6 is 0 Å². The van der Waals surface area contributed by atoms with E-state index in [-0.39, 0.29) is 40.0 Å². The molecule has 0 saturated heterocycles. The third-order valence-electron chi connectivity index (χ3n) is 1.55. The van der Waals surface area contributed by atoms with E-state index in [0.29, 0.717) is 0 Å². The first-order valence-electron chi connectivity index (χ1n) is 7.31. The Morgan fingerprint density at radius 3 is 1.45 bits per heavy atom. The van der Waals surface area contributed by atoms with Gasteiger partial charge in [0.15, 0.2) is 0 Å². The van der Waals surface area contributed by atoms with Crippen LogP contribution in [-0.4, -0.2) is 33.6 Å². The minimum absolute atomic E-state index is 0. The molecule has 0 atom stereocenters. The second kappa shape index (κ2) is 16.8. The first kappa shape index (κ1) is 26.3. The van der Waals surface area contributed by atoms with Gasteiger partial charge in [-0.3, -0.25) is 0 Å². The molecule has 3 N–H and O–H groups in total. The summed E-state index contributed by atoms with van der Waals surface area (Å²) in [5, 5.41) is 26.8. The maximum absolute atomic E-state index is 8.06. The van der Waals surface area contributed by atoms with Crippen molar-refractivity contribution in [2.45, 2.75) is 59.9 Å². The van der Waals surface area contributed by atoms with Crippen molar-refractivity contribution in [1.29, 1.82) is 0 Å². The summed E-state index contributed by atoms with van der Waals surface area (Å²) in [4.78, 5) is 0. The van der Waals surface area contributed by atoms with Crippen molar-refractivity contribution >= 4 is 10.8 Å². The van der Waals surface area contributed by atoms with Crippen LogP contribution in [0.3, 0.4) is 0 Å². The molecular formula is C18H31O3Ti-. The molecule has 0 saturated carbocycles. The van der Waals surface area contributed by atoms with E-state index in [4.69, 9.17) is 15.3 Å². The third-order valence-corrected chi connectivity index (χ3v) is 1.55. The molecule has 4 heteroatoms. The first-order valence-corrected chi connectivity index (χ1v) is 7.31. The van der Waals surface area contributed by atoms with Gasteiger partial charge in [0.25, 0.3) is 0 Å². The SMILES string of the molecule is CC(C)O.CC(C)O.CC(C)O.[Ti].c1ccc2[cH-]ccc2c1. The zero-order chi connectivity index (χ0) is 16.8. The minimum atomic E-state index is -0.167. The Kier molecular flexibility index (Phi) is 20.1. The molecule has 0 fully saturated rings. The van der Waals surface area contributed by atoms with Crippen molar-refractivity contribution in [2.24, 2.45) is 0 Å². The van der Waals surface area contributed by atoms with E-state index in [2.05, 4.69) is 42.5 Å². The minimum Gasteiger partial charge on any atom is -0.394 e. The standard InChI is InChI=1S/C9H7.3C3H8O.Ti/c1-2-5-9-7-3-6-8(9)4-1;3*1-3(2)4;/h1-7H;3*3-4H,1-2H3;/q-1;;;;. The van der Waals surface area contributed by atoms with Gasteiger partial charge >= 0.3 is 0 Å². The van der Waals surface area contributed by atoms with Crippen molar-refractivity contribution in [3.63, 3.8) is 0 Å². The zero-order valence-electron chi connectivity index (χ0n) is 14.6. The van der Waals surface area contributed by atoms with E-state index in [1.54, 1.807) is 41.5 Å². The topological polar surface area (TPSA) is 60.7 Å². The van der Waals surface area contributed by atoms with Crippen molar-refractivity contribution in [3.05, 3.63) is 42.5 Å². The van der Waals surface area contributed by atoms with Gasteiger partial charge < -0.3 is 15.3 Å². The van der Waals surface area contributed by atoms with Gasteiger partial charge in [0.1, 0.15) is 0 Å². The number of hydrogen-bond acceptors (Lipinski definition) is 3. The molecule has 0 heterocycles. The van der Waals surface area contributed by atoms with Gasteiger partial charge in [0.05, 0.1) is 0 Å². The maximum Gasteiger partial charge on any atom is 0.0483 e. The van der Waals surface area contributed by atoms with Gasteiger partial charge in [-0.15, -0.1) is 29.7 Å². The average molecular weight is 343 g/mol. The van der Waals surface area contributed by atoms with E-state index >= 15 is 0 Å².